The Bertz CT molecular complexity index is 501. The van der Waals surface area contributed by atoms with E-state index in [4.69, 9.17) is 5.73 Å². The summed E-state index contributed by atoms with van der Waals surface area (Å²) in [5.41, 5.74) is 5.21. The van der Waals surface area contributed by atoms with Crippen molar-refractivity contribution in [2.45, 2.75) is 6.42 Å². The molecule has 18 heavy (non-hydrogen) atoms. The Morgan fingerprint density at radius 3 is 2.67 bits per heavy atom. The molecule has 1 atom stereocenters. The summed E-state index contributed by atoms with van der Waals surface area (Å²) < 4.78 is 0. The molecule has 0 aromatic heterocycles. The fourth-order valence-corrected chi connectivity index (χ4v) is 2.05. The monoisotopic (exact) mass is 250 g/mol. The van der Waals surface area contributed by atoms with Crippen molar-refractivity contribution in [1.82, 2.24) is 4.90 Å². The van der Waals surface area contributed by atoms with Crippen molar-refractivity contribution in [3.63, 3.8) is 0 Å². The summed E-state index contributed by atoms with van der Waals surface area (Å²) in [5, 5.41) is 19.0. The number of phenolic OH excluding ortho intramolecular Hbond substituents is 2. The highest BCUT2D eigenvalue weighted by molar-refractivity contribution is 5.98. The van der Waals surface area contributed by atoms with Crippen LogP contribution < -0.4 is 5.73 Å². The van der Waals surface area contributed by atoms with Crippen molar-refractivity contribution in [2.75, 3.05) is 13.1 Å². The van der Waals surface area contributed by atoms with Crippen LogP contribution in [0.4, 0.5) is 0 Å². The van der Waals surface area contributed by atoms with Gasteiger partial charge in [-0.2, -0.15) is 0 Å². The maximum atomic E-state index is 12.1. The maximum absolute atomic E-state index is 12.1. The Labute approximate surface area is 104 Å². The first-order valence-corrected chi connectivity index (χ1v) is 5.60. The Morgan fingerprint density at radius 2 is 2.06 bits per heavy atom. The molecule has 2 rings (SSSR count). The summed E-state index contributed by atoms with van der Waals surface area (Å²) in [4.78, 5) is 24.6. The van der Waals surface area contributed by atoms with Gasteiger partial charge in [0.2, 0.25) is 5.91 Å². The number of hydrogen-bond acceptors (Lipinski definition) is 4. The lowest BCUT2D eigenvalue weighted by molar-refractivity contribution is -0.121. The van der Waals surface area contributed by atoms with Crippen molar-refractivity contribution in [3.8, 4) is 11.5 Å². The molecule has 1 aromatic rings. The minimum Gasteiger partial charge on any atom is -0.504 e. The van der Waals surface area contributed by atoms with E-state index in [1.54, 1.807) is 0 Å². The number of para-hydroxylation sites is 1. The second-order valence-electron chi connectivity index (χ2n) is 4.31. The Morgan fingerprint density at radius 1 is 1.33 bits per heavy atom. The van der Waals surface area contributed by atoms with Gasteiger partial charge in [0, 0.05) is 13.1 Å². The van der Waals surface area contributed by atoms with Crippen LogP contribution in [0.5, 0.6) is 11.5 Å². The van der Waals surface area contributed by atoms with Crippen molar-refractivity contribution in [3.05, 3.63) is 23.8 Å². The Kier molecular flexibility index (Phi) is 3.10. The van der Waals surface area contributed by atoms with Gasteiger partial charge in [-0.25, -0.2) is 0 Å². The molecule has 2 amide bonds. The largest absolute Gasteiger partial charge is 0.504 e. The van der Waals surface area contributed by atoms with Crippen molar-refractivity contribution in [1.29, 1.82) is 0 Å². The maximum Gasteiger partial charge on any atom is 0.257 e. The van der Waals surface area contributed by atoms with Crippen LogP contribution in [0.25, 0.3) is 0 Å². The first-order chi connectivity index (χ1) is 8.50. The van der Waals surface area contributed by atoms with Crippen LogP contribution in [-0.4, -0.2) is 40.0 Å². The molecule has 1 aromatic carbocycles. The van der Waals surface area contributed by atoms with Crippen LogP contribution in [0, 0.1) is 5.92 Å². The lowest BCUT2D eigenvalue weighted by atomic mass is 10.1. The number of phenols is 2. The van der Waals surface area contributed by atoms with E-state index in [0.717, 1.165) is 0 Å². The molecule has 0 saturated carbocycles. The Hall–Kier alpha value is -2.24. The topological polar surface area (TPSA) is 104 Å². The van der Waals surface area contributed by atoms with E-state index >= 15 is 0 Å². The molecular formula is C12H14N2O4. The van der Waals surface area contributed by atoms with Crippen LogP contribution >= 0.6 is 0 Å². The molecule has 1 fully saturated rings. The predicted octanol–water partition coefficient (Wildman–Crippen LogP) is 0.0452. The van der Waals surface area contributed by atoms with E-state index in [2.05, 4.69) is 0 Å². The highest BCUT2D eigenvalue weighted by atomic mass is 16.3. The minimum absolute atomic E-state index is 0.0279. The number of rotatable bonds is 2. The van der Waals surface area contributed by atoms with Gasteiger partial charge in [0.05, 0.1) is 11.5 Å². The van der Waals surface area contributed by atoms with E-state index in [9.17, 15) is 19.8 Å². The predicted molar refractivity (Wildman–Crippen MR) is 63.0 cm³/mol. The van der Waals surface area contributed by atoms with Gasteiger partial charge in [-0.1, -0.05) is 6.07 Å². The van der Waals surface area contributed by atoms with Crippen LogP contribution in [-0.2, 0) is 4.79 Å². The van der Waals surface area contributed by atoms with Gasteiger partial charge in [0.1, 0.15) is 0 Å². The molecule has 6 nitrogen and oxygen atoms in total. The standard InChI is InChI=1S/C12H14N2O4/c13-11(17)7-4-5-14(6-7)12(18)8-2-1-3-9(15)10(8)16/h1-3,7,15-16H,4-6H2,(H2,13,17). The van der Waals surface area contributed by atoms with E-state index in [0.29, 0.717) is 13.0 Å². The highest BCUT2D eigenvalue weighted by Gasteiger charge is 2.31. The van der Waals surface area contributed by atoms with E-state index in [-0.39, 0.29) is 23.8 Å². The number of primary amides is 1. The number of carbonyl (C=O) groups excluding carboxylic acids is 2. The summed E-state index contributed by atoms with van der Waals surface area (Å²) in [5.74, 6) is -1.96. The lowest BCUT2D eigenvalue weighted by Gasteiger charge is -2.16. The van der Waals surface area contributed by atoms with Gasteiger partial charge in [-0.15, -0.1) is 0 Å². The molecule has 96 valence electrons. The minimum atomic E-state index is -0.440. The van der Waals surface area contributed by atoms with Crippen LogP contribution in [0.3, 0.4) is 0 Å². The summed E-state index contributed by atoms with van der Waals surface area (Å²) in [6, 6.07) is 4.20. The number of benzene rings is 1. The number of likely N-dealkylation sites (tertiary alicyclic amines) is 1. The first-order valence-electron chi connectivity index (χ1n) is 5.60. The molecule has 1 unspecified atom stereocenters. The second-order valence-corrected chi connectivity index (χ2v) is 4.31. The molecule has 0 radical (unpaired) electrons. The average Bonchev–Trinajstić information content (AvgIpc) is 2.81. The number of aromatic hydroxyl groups is 2. The molecule has 6 heteroatoms. The molecule has 4 N–H and O–H groups in total. The van der Waals surface area contributed by atoms with Gasteiger partial charge < -0.3 is 20.8 Å². The fraction of sp³-hybridized carbons (Fsp3) is 0.333. The number of nitrogens with two attached hydrogens (primary N) is 1. The molecule has 0 aliphatic carbocycles. The number of hydrogen-bond donors (Lipinski definition) is 3. The summed E-state index contributed by atoms with van der Waals surface area (Å²) in [6.07, 6.45) is 0.528. The van der Waals surface area contributed by atoms with Gasteiger partial charge in [0.15, 0.2) is 11.5 Å². The average molecular weight is 250 g/mol. The van der Waals surface area contributed by atoms with E-state index in [1.807, 2.05) is 0 Å². The van der Waals surface area contributed by atoms with Gasteiger partial charge in [-0.05, 0) is 18.6 Å². The molecular weight excluding hydrogens is 236 g/mol. The lowest BCUT2D eigenvalue weighted by Crippen LogP contribution is -2.31. The van der Waals surface area contributed by atoms with Crippen molar-refractivity contribution in [2.24, 2.45) is 11.7 Å². The quantitative estimate of drug-likeness (QED) is 0.645. The summed E-state index contributed by atoms with van der Waals surface area (Å²) in [7, 11) is 0. The first kappa shape index (κ1) is 12.2. The molecule has 1 saturated heterocycles. The molecule has 1 heterocycles. The third-order valence-electron chi connectivity index (χ3n) is 3.12. The van der Waals surface area contributed by atoms with Gasteiger partial charge in [-0.3, -0.25) is 9.59 Å². The van der Waals surface area contributed by atoms with Gasteiger partial charge >= 0.3 is 0 Å². The SMILES string of the molecule is NC(=O)C1CCN(C(=O)c2cccc(O)c2O)C1. The van der Waals surface area contributed by atoms with E-state index < -0.39 is 17.6 Å². The zero-order chi connectivity index (χ0) is 13.3. The van der Waals surface area contributed by atoms with Gasteiger partial charge in [0.25, 0.3) is 5.91 Å². The zero-order valence-corrected chi connectivity index (χ0v) is 9.67. The fourth-order valence-electron chi connectivity index (χ4n) is 2.05. The third-order valence-corrected chi connectivity index (χ3v) is 3.12. The second kappa shape index (κ2) is 4.56. The zero-order valence-electron chi connectivity index (χ0n) is 9.67. The van der Waals surface area contributed by atoms with E-state index in [1.165, 1.54) is 23.1 Å². The normalized spacial score (nSPS) is 18.9. The number of amides is 2. The molecule has 0 bridgehead atoms. The summed E-state index contributed by atoms with van der Waals surface area (Å²) >= 11 is 0. The Balaban J connectivity index is 2.18. The highest BCUT2D eigenvalue weighted by Crippen LogP contribution is 2.30. The van der Waals surface area contributed by atoms with Crippen LogP contribution in [0.15, 0.2) is 18.2 Å². The van der Waals surface area contributed by atoms with Crippen LogP contribution in [0.2, 0.25) is 0 Å². The number of carbonyl (C=O) groups is 2. The molecule has 1 aliphatic rings. The summed E-state index contributed by atoms with van der Waals surface area (Å²) in [6.45, 7) is 0.671. The third kappa shape index (κ3) is 2.09. The van der Waals surface area contributed by atoms with Crippen molar-refractivity contribution < 1.29 is 19.8 Å². The van der Waals surface area contributed by atoms with Crippen LogP contribution in [0.1, 0.15) is 16.8 Å². The van der Waals surface area contributed by atoms with Crippen molar-refractivity contribution >= 4 is 11.8 Å². The molecule has 0 spiro atoms. The number of nitrogens with zero attached hydrogens (tertiary/aromatic N) is 1. The smallest absolute Gasteiger partial charge is 0.257 e. The molecule has 1 aliphatic heterocycles.